The first-order valence-corrected chi connectivity index (χ1v) is 6.43. The summed E-state index contributed by atoms with van der Waals surface area (Å²) in [6.07, 6.45) is 1.50. The molecule has 0 unspecified atom stereocenters. The number of hydrogen-bond donors (Lipinski definition) is 2. The number of halogens is 1. The Labute approximate surface area is 113 Å². The lowest BCUT2D eigenvalue weighted by Crippen LogP contribution is -2.15. The van der Waals surface area contributed by atoms with Crippen LogP contribution >= 0.6 is 11.8 Å². The number of anilines is 2. The lowest BCUT2D eigenvalue weighted by atomic mass is 10.2. The number of oxazole rings is 1. The predicted octanol–water partition coefficient (Wildman–Crippen LogP) is 2.44. The molecular weight excluding hydrogens is 269 g/mol. The molecule has 5 nitrogen and oxygen atoms in total. The third-order valence-corrected chi connectivity index (χ3v) is 3.06. The Kier molecular flexibility index (Phi) is 4.06. The molecular formula is C12H12FN3O2S. The zero-order chi connectivity index (χ0) is 13.8. The van der Waals surface area contributed by atoms with Crippen LogP contribution in [0.5, 0.6) is 0 Å². The largest absolute Gasteiger partial charge is 0.440 e. The minimum atomic E-state index is -0.458. The molecule has 100 valence electrons. The smallest absolute Gasteiger partial charge is 0.256 e. The van der Waals surface area contributed by atoms with Gasteiger partial charge in [-0.3, -0.25) is 4.79 Å². The van der Waals surface area contributed by atoms with Crippen LogP contribution < -0.4 is 11.1 Å². The molecule has 1 heterocycles. The monoisotopic (exact) mass is 281 g/mol. The van der Waals surface area contributed by atoms with Crippen LogP contribution in [0.1, 0.15) is 5.69 Å². The van der Waals surface area contributed by atoms with Crippen molar-refractivity contribution < 1.29 is 13.6 Å². The van der Waals surface area contributed by atoms with E-state index in [1.165, 1.54) is 24.5 Å². The number of nitrogens with zero attached hydrogens (tertiary/aromatic N) is 1. The number of carbonyl (C=O) groups excluding carboxylic acids is 1. The van der Waals surface area contributed by atoms with Gasteiger partial charge in [0, 0.05) is 0 Å². The standard InChI is InChI=1S/C12H12FN3O2S/c1-7-5-18-12(15-7)19-6-11(17)16-10-4-8(13)2-3-9(10)14/h2-5H,6,14H2,1H3,(H,16,17). The lowest BCUT2D eigenvalue weighted by molar-refractivity contribution is -0.113. The van der Waals surface area contributed by atoms with Crippen molar-refractivity contribution >= 4 is 29.0 Å². The summed E-state index contributed by atoms with van der Waals surface area (Å²) in [4.78, 5) is 15.7. The normalized spacial score (nSPS) is 10.4. The van der Waals surface area contributed by atoms with E-state index in [9.17, 15) is 9.18 Å². The number of nitrogen functional groups attached to an aromatic ring is 1. The van der Waals surface area contributed by atoms with E-state index in [1.807, 2.05) is 0 Å². The van der Waals surface area contributed by atoms with Gasteiger partial charge in [0.2, 0.25) is 5.91 Å². The number of nitrogens with two attached hydrogens (primary N) is 1. The van der Waals surface area contributed by atoms with Crippen LogP contribution in [-0.4, -0.2) is 16.6 Å². The van der Waals surface area contributed by atoms with Gasteiger partial charge in [-0.1, -0.05) is 11.8 Å². The zero-order valence-electron chi connectivity index (χ0n) is 10.1. The van der Waals surface area contributed by atoms with E-state index in [1.54, 1.807) is 6.92 Å². The van der Waals surface area contributed by atoms with Crippen molar-refractivity contribution in [3.63, 3.8) is 0 Å². The third kappa shape index (κ3) is 3.72. The molecule has 0 fully saturated rings. The summed E-state index contributed by atoms with van der Waals surface area (Å²) in [5.41, 5.74) is 6.95. The van der Waals surface area contributed by atoms with Crippen LogP contribution in [0, 0.1) is 12.7 Å². The predicted molar refractivity (Wildman–Crippen MR) is 71.4 cm³/mol. The fourth-order valence-electron chi connectivity index (χ4n) is 1.35. The number of thioether (sulfide) groups is 1. The maximum atomic E-state index is 13.0. The molecule has 0 saturated heterocycles. The number of nitrogens with one attached hydrogen (secondary N) is 1. The van der Waals surface area contributed by atoms with Gasteiger partial charge in [-0.15, -0.1) is 0 Å². The van der Waals surface area contributed by atoms with Gasteiger partial charge in [-0.25, -0.2) is 9.37 Å². The number of aryl methyl sites for hydroxylation is 1. The molecule has 0 aliphatic heterocycles. The molecule has 2 rings (SSSR count). The molecule has 0 aliphatic carbocycles. The second-order valence-electron chi connectivity index (χ2n) is 3.82. The Hall–Kier alpha value is -2.02. The molecule has 0 radical (unpaired) electrons. The van der Waals surface area contributed by atoms with Gasteiger partial charge in [0.15, 0.2) is 0 Å². The first-order valence-electron chi connectivity index (χ1n) is 5.44. The van der Waals surface area contributed by atoms with Crippen molar-refractivity contribution in [2.24, 2.45) is 0 Å². The first kappa shape index (κ1) is 13.4. The molecule has 2 aromatic rings. The Morgan fingerprint density at radius 3 is 3.05 bits per heavy atom. The van der Waals surface area contributed by atoms with Crippen molar-refractivity contribution in [3.8, 4) is 0 Å². The summed E-state index contributed by atoms with van der Waals surface area (Å²) < 4.78 is 18.1. The first-order chi connectivity index (χ1) is 9.04. The van der Waals surface area contributed by atoms with E-state index in [2.05, 4.69) is 10.3 Å². The SMILES string of the molecule is Cc1coc(SCC(=O)Nc2cc(F)ccc2N)n1. The molecule has 1 amide bonds. The number of rotatable bonds is 4. The molecule has 1 aromatic carbocycles. The van der Waals surface area contributed by atoms with Gasteiger partial charge >= 0.3 is 0 Å². The van der Waals surface area contributed by atoms with E-state index in [0.29, 0.717) is 10.9 Å². The van der Waals surface area contributed by atoms with Crippen LogP contribution in [0.15, 0.2) is 34.1 Å². The molecule has 0 saturated carbocycles. The van der Waals surface area contributed by atoms with Crippen LogP contribution in [-0.2, 0) is 4.79 Å². The Bertz CT molecular complexity index is 600. The fraction of sp³-hybridized carbons (Fsp3) is 0.167. The highest BCUT2D eigenvalue weighted by atomic mass is 32.2. The second-order valence-corrected chi connectivity index (χ2v) is 4.75. The number of benzene rings is 1. The highest BCUT2D eigenvalue weighted by molar-refractivity contribution is 7.99. The summed E-state index contributed by atoms with van der Waals surface area (Å²) in [6.45, 7) is 1.79. The van der Waals surface area contributed by atoms with E-state index in [4.69, 9.17) is 10.2 Å². The van der Waals surface area contributed by atoms with Gasteiger partial charge in [0.05, 0.1) is 22.8 Å². The summed E-state index contributed by atoms with van der Waals surface area (Å²) in [5.74, 6) is -0.658. The molecule has 3 N–H and O–H groups in total. The average Bonchev–Trinajstić information content (AvgIpc) is 2.77. The Morgan fingerprint density at radius 2 is 2.37 bits per heavy atom. The molecule has 1 aromatic heterocycles. The second kappa shape index (κ2) is 5.75. The van der Waals surface area contributed by atoms with E-state index >= 15 is 0 Å². The molecule has 19 heavy (non-hydrogen) atoms. The van der Waals surface area contributed by atoms with Crippen molar-refractivity contribution in [1.82, 2.24) is 4.98 Å². The van der Waals surface area contributed by atoms with Crippen molar-refractivity contribution in [3.05, 3.63) is 36.0 Å². The number of carbonyl (C=O) groups is 1. The number of amides is 1. The third-order valence-electron chi connectivity index (χ3n) is 2.21. The number of hydrogen-bond acceptors (Lipinski definition) is 5. The Morgan fingerprint density at radius 1 is 1.58 bits per heavy atom. The lowest BCUT2D eigenvalue weighted by Gasteiger charge is -2.07. The molecule has 0 atom stereocenters. The summed E-state index contributed by atoms with van der Waals surface area (Å²) in [6, 6.07) is 3.80. The fourth-order valence-corrected chi connectivity index (χ4v) is 2.00. The van der Waals surface area contributed by atoms with Crippen LogP contribution in [0.2, 0.25) is 0 Å². The van der Waals surface area contributed by atoms with Gasteiger partial charge in [0.25, 0.3) is 5.22 Å². The highest BCUT2D eigenvalue weighted by Gasteiger charge is 2.09. The van der Waals surface area contributed by atoms with E-state index in [0.717, 1.165) is 17.5 Å². The molecule has 7 heteroatoms. The van der Waals surface area contributed by atoms with Crippen molar-refractivity contribution in [2.75, 3.05) is 16.8 Å². The highest BCUT2D eigenvalue weighted by Crippen LogP contribution is 2.21. The van der Waals surface area contributed by atoms with Crippen molar-refractivity contribution in [2.45, 2.75) is 12.1 Å². The molecule has 0 spiro atoms. The van der Waals surface area contributed by atoms with Gasteiger partial charge in [0.1, 0.15) is 12.1 Å². The van der Waals surface area contributed by atoms with Crippen LogP contribution in [0.25, 0.3) is 0 Å². The van der Waals surface area contributed by atoms with Gasteiger partial charge in [-0.2, -0.15) is 0 Å². The molecule has 0 aliphatic rings. The summed E-state index contributed by atoms with van der Waals surface area (Å²) in [5, 5.41) is 2.95. The van der Waals surface area contributed by atoms with E-state index in [-0.39, 0.29) is 17.3 Å². The minimum Gasteiger partial charge on any atom is -0.440 e. The summed E-state index contributed by atoms with van der Waals surface area (Å²) in [7, 11) is 0. The summed E-state index contributed by atoms with van der Waals surface area (Å²) >= 11 is 1.15. The maximum absolute atomic E-state index is 13.0. The minimum absolute atomic E-state index is 0.107. The van der Waals surface area contributed by atoms with Gasteiger partial charge in [-0.05, 0) is 25.1 Å². The maximum Gasteiger partial charge on any atom is 0.256 e. The van der Waals surface area contributed by atoms with Crippen LogP contribution in [0.4, 0.5) is 15.8 Å². The Balaban J connectivity index is 1.92. The van der Waals surface area contributed by atoms with Crippen LogP contribution in [0.3, 0.4) is 0 Å². The van der Waals surface area contributed by atoms with Gasteiger partial charge < -0.3 is 15.5 Å². The topological polar surface area (TPSA) is 81.2 Å². The van der Waals surface area contributed by atoms with E-state index < -0.39 is 5.82 Å². The quantitative estimate of drug-likeness (QED) is 0.664. The average molecular weight is 281 g/mol. The molecule has 0 bridgehead atoms. The zero-order valence-corrected chi connectivity index (χ0v) is 11.0. The number of aromatic nitrogens is 1. The van der Waals surface area contributed by atoms with Crippen molar-refractivity contribution in [1.29, 1.82) is 0 Å².